The Balaban J connectivity index is 1.96. The SMILES string of the molecule is CCn1c(Sc2ccc([N+](=O)[O-])cn2)nnc1-c1cc(Cl)ccc1OC. The standard InChI is InChI=1S/C16H14ClN5O3S/c1-3-21-15(12-8-10(17)4-6-13(12)25-2)19-20-16(21)26-14-7-5-11(9-18-14)22(23)24/h4-9H,3H2,1-2H3. The highest BCUT2D eigenvalue weighted by molar-refractivity contribution is 7.99. The maximum Gasteiger partial charge on any atom is 0.287 e. The highest BCUT2D eigenvalue weighted by Gasteiger charge is 2.18. The summed E-state index contributed by atoms with van der Waals surface area (Å²) >= 11 is 7.39. The number of ether oxygens (including phenoxy) is 1. The van der Waals surface area contributed by atoms with Crippen molar-refractivity contribution >= 4 is 29.1 Å². The molecule has 8 nitrogen and oxygen atoms in total. The van der Waals surface area contributed by atoms with Gasteiger partial charge < -0.3 is 9.30 Å². The highest BCUT2D eigenvalue weighted by Crippen LogP contribution is 2.34. The third-order valence-electron chi connectivity index (χ3n) is 3.56. The van der Waals surface area contributed by atoms with Gasteiger partial charge in [0.15, 0.2) is 11.0 Å². The normalized spacial score (nSPS) is 10.7. The maximum atomic E-state index is 10.7. The van der Waals surface area contributed by atoms with Crippen molar-refractivity contribution in [2.24, 2.45) is 0 Å². The van der Waals surface area contributed by atoms with Gasteiger partial charge in [-0.3, -0.25) is 10.1 Å². The minimum Gasteiger partial charge on any atom is -0.496 e. The maximum absolute atomic E-state index is 10.7. The quantitative estimate of drug-likeness (QED) is 0.461. The van der Waals surface area contributed by atoms with Gasteiger partial charge in [-0.15, -0.1) is 10.2 Å². The topological polar surface area (TPSA) is 96.0 Å². The number of pyridine rings is 1. The zero-order valence-corrected chi connectivity index (χ0v) is 15.5. The molecule has 0 saturated heterocycles. The molecule has 1 aromatic carbocycles. The van der Waals surface area contributed by atoms with Crippen LogP contribution in [0.2, 0.25) is 5.02 Å². The van der Waals surface area contributed by atoms with Crippen LogP contribution in [0.3, 0.4) is 0 Å². The predicted octanol–water partition coefficient (Wildman–Crippen LogP) is 4.08. The summed E-state index contributed by atoms with van der Waals surface area (Å²) in [6.07, 6.45) is 1.22. The van der Waals surface area contributed by atoms with Gasteiger partial charge in [-0.25, -0.2) is 4.98 Å². The van der Waals surface area contributed by atoms with E-state index >= 15 is 0 Å². The first kappa shape index (κ1) is 18.2. The van der Waals surface area contributed by atoms with Crippen LogP contribution in [0.15, 0.2) is 46.7 Å². The summed E-state index contributed by atoms with van der Waals surface area (Å²) in [4.78, 5) is 14.3. The van der Waals surface area contributed by atoms with Gasteiger partial charge in [0.2, 0.25) is 0 Å². The molecule has 3 rings (SSSR count). The molecule has 26 heavy (non-hydrogen) atoms. The second-order valence-corrected chi connectivity index (χ2v) is 6.53. The van der Waals surface area contributed by atoms with E-state index in [-0.39, 0.29) is 5.69 Å². The summed E-state index contributed by atoms with van der Waals surface area (Å²) in [5.74, 6) is 1.26. The first-order valence-corrected chi connectivity index (χ1v) is 8.78. The molecule has 0 amide bonds. The molecule has 0 saturated carbocycles. The van der Waals surface area contributed by atoms with Crippen LogP contribution < -0.4 is 4.74 Å². The van der Waals surface area contributed by atoms with Crippen molar-refractivity contribution in [1.82, 2.24) is 19.7 Å². The number of rotatable bonds is 6. The minimum atomic E-state index is -0.487. The van der Waals surface area contributed by atoms with Gasteiger partial charge in [-0.05, 0) is 43.0 Å². The fraction of sp³-hybridized carbons (Fsp3) is 0.188. The van der Waals surface area contributed by atoms with E-state index in [0.29, 0.717) is 33.3 Å². The van der Waals surface area contributed by atoms with Crippen LogP contribution in [-0.4, -0.2) is 31.8 Å². The summed E-state index contributed by atoms with van der Waals surface area (Å²) in [6, 6.07) is 8.28. The highest BCUT2D eigenvalue weighted by atomic mass is 35.5. The summed E-state index contributed by atoms with van der Waals surface area (Å²) in [7, 11) is 1.58. The zero-order chi connectivity index (χ0) is 18.7. The van der Waals surface area contributed by atoms with Gasteiger partial charge in [0, 0.05) is 17.6 Å². The largest absolute Gasteiger partial charge is 0.496 e. The van der Waals surface area contributed by atoms with Crippen molar-refractivity contribution in [3.63, 3.8) is 0 Å². The smallest absolute Gasteiger partial charge is 0.287 e. The van der Waals surface area contributed by atoms with E-state index in [0.717, 1.165) is 5.56 Å². The Labute approximate surface area is 158 Å². The van der Waals surface area contributed by atoms with Crippen LogP contribution >= 0.6 is 23.4 Å². The number of aromatic nitrogens is 4. The average Bonchev–Trinajstić information content (AvgIpc) is 3.04. The van der Waals surface area contributed by atoms with Gasteiger partial charge in [0.25, 0.3) is 5.69 Å². The molecule has 3 aromatic rings. The van der Waals surface area contributed by atoms with Crippen molar-refractivity contribution in [3.05, 3.63) is 51.7 Å². The van der Waals surface area contributed by atoms with E-state index in [1.807, 2.05) is 11.5 Å². The number of benzene rings is 1. The first-order chi connectivity index (χ1) is 12.5. The van der Waals surface area contributed by atoms with Crippen molar-refractivity contribution < 1.29 is 9.66 Å². The molecule has 0 fully saturated rings. The molecule has 2 heterocycles. The van der Waals surface area contributed by atoms with Crippen molar-refractivity contribution in [1.29, 1.82) is 0 Å². The molecular formula is C16H14ClN5O3S. The number of hydrogen-bond acceptors (Lipinski definition) is 7. The monoisotopic (exact) mass is 391 g/mol. The molecule has 134 valence electrons. The van der Waals surface area contributed by atoms with Gasteiger partial charge in [0.05, 0.1) is 17.6 Å². The Morgan fingerprint density at radius 3 is 2.73 bits per heavy atom. The number of nitrogens with zero attached hydrogens (tertiary/aromatic N) is 5. The molecule has 0 radical (unpaired) electrons. The summed E-state index contributed by atoms with van der Waals surface area (Å²) < 4.78 is 7.30. The van der Waals surface area contributed by atoms with Gasteiger partial charge in [0.1, 0.15) is 17.0 Å². The lowest BCUT2D eigenvalue weighted by molar-refractivity contribution is -0.385. The van der Waals surface area contributed by atoms with Crippen LogP contribution in [0.1, 0.15) is 6.92 Å². The third-order valence-corrected chi connectivity index (χ3v) is 4.73. The van der Waals surface area contributed by atoms with Gasteiger partial charge >= 0.3 is 0 Å². The molecule has 2 aromatic heterocycles. The molecule has 0 spiro atoms. The average molecular weight is 392 g/mol. The Morgan fingerprint density at radius 2 is 2.12 bits per heavy atom. The fourth-order valence-electron chi connectivity index (χ4n) is 2.34. The molecule has 0 unspecified atom stereocenters. The third kappa shape index (κ3) is 3.63. The van der Waals surface area contributed by atoms with Crippen LogP contribution in [0.5, 0.6) is 5.75 Å². The Kier molecular flexibility index (Phi) is 5.38. The van der Waals surface area contributed by atoms with E-state index in [4.69, 9.17) is 16.3 Å². The number of hydrogen-bond donors (Lipinski definition) is 0. The van der Waals surface area contributed by atoms with E-state index in [9.17, 15) is 10.1 Å². The van der Waals surface area contributed by atoms with E-state index in [1.54, 1.807) is 31.4 Å². The lowest BCUT2D eigenvalue weighted by Crippen LogP contribution is -2.01. The number of nitro groups is 1. The second kappa shape index (κ2) is 7.71. The van der Waals surface area contributed by atoms with Crippen molar-refractivity contribution in [3.8, 4) is 17.1 Å². The van der Waals surface area contributed by atoms with Gasteiger partial charge in [-0.1, -0.05) is 11.6 Å². The van der Waals surface area contributed by atoms with E-state index in [2.05, 4.69) is 15.2 Å². The molecule has 0 N–H and O–H groups in total. The van der Waals surface area contributed by atoms with E-state index in [1.165, 1.54) is 24.0 Å². The van der Waals surface area contributed by atoms with E-state index < -0.39 is 4.92 Å². The molecule has 0 aliphatic heterocycles. The minimum absolute atomic E-state index is 0.0596. The second-order valence-electron chi connectivity index (χ2n) is 5.11. The summed E-state index contributed by atoms with van der Waals surface area (Å²) in [5.41, 5.74) is 0.675. The predicted molar refractivity (Wildman–Crippen MR) is 97.7 cm³/mol. The zero-order valence-electron chi connectivity index (χ0n) is 13.9. The molecule has 0 bridgehead atoms. The van der Waals surface area contributed by atoms with Crippen LogP contribution in [0.25, 0.3) is 11.4 Å². The molecule has 0 aliphatic rings. The molecule has 10 heteroatoms. The summed E-state index contributed by atoms with van der Waals surface area (Å²) in [5, 5.41) is 21.0. The van der Waals surface area contributed by atoms with Crippen LogP contribution in [0.4, 0.5) is 5.69 Å². The van der Waals surface area contributed by atoms with Crippen molar-refractivity contribution in [2.75, 3.05) is 7.11 Å². The number of halogens is 1. The summed E-state index contributed by atoms with van der Waals surface area (Å²) in [6.45, 7) is 2.59. The van der Waals surface area contributed by atoms with Crippen LogP contribution in [0, 0.1) is 10.1 Å². The fourth-order valence-corrected chi connectivity index (χ4v) is 3.35. The first-order valence-electron chi connectivity index (χ1n) is 7.59. The Hall–Kier alpha value is -2.65. The Morgan fingerprint density at radius 1 is 1.31 bits per heavy atom. The number of methoxy groups -OCH3 is 1. The van der Waals surface area contributed by atoms with Crippen LogP contribution in [-0.2, 0) is 6.54 Å². The molecular weight excluding hydrogens is 378 g/mol. The molecule has 0 atom stereocenters. The van der Waals surface area contributed by atoms with Gasteiger partial charge in [-0.2, -0.15) is 0 Å². The molecule has 0 aliphatic carbocycles. The van der Waals surface area contributed by atoms with Crippen molar-refractivity contribution in [2.45, 2.75) is 23.7 Å². The Bertz CT molecular complexity index is 946. The lowest BCUT2D eigenvalue weighted by Gasteiger charge is -2.10. The lowest BCUT2D eigenvalue weighted by atomic mass is 10.2.